The minimum atomic E-state index is -3.59. The Balaban J connectivity index is 3.00. The molecule has 24 heavy (non-hydrogen) atoms. The maximum Gasteiger partial charge on any atom is 0.232 e. The number of ether oxygens (including phenoxy) is 1. The van der Waals surface area contributed by atoms with Gasteiger partial charge in [-0.15, -0.1) is 0 Å². The van der Waals surface area contributed by atoms with E-state index in [9.17, 15) is 16.8 Å². The Morgan fingerprint density at radius 3 is 2.33 bits per heavy atom. The van der Waals surface area contributed by atoms with Crippen LogP contribution in [0.2, 0.25) is 0 Å². The van der Waals surface area contributed by atoms with Gasteiger partial charge < -0.3 is 4.74 Å². The van der Waals surface area contributed by atoms with E-state index in [4.69, 9.17) is 4.74 Å². The van der Waals surface area contributed by atoms with E-state index in [1.165, 1.54) is 0 Å². The highest BCUT2D eigenvalue weighted by molar-refractivity contribution is 7.92. The van der Waals surface area contributed by atoms with Gasteiger partial charge >= 0.3 is 0 Å². The Morgan fingerprint density at radius 2 is 1.79 bits per heavy atom. The number of para-hydroxylation sites is 2. The van der Waals surface area contributed by atoms with Crippen molar-refractivity contribution < 1.29 is 21.6 Å². The monoisotopic (exact) mass is 378 g/mol. The average molecular weight is 379 g/mol. The van der Waals surface area contributed by atoms with Crippen LogP contribution in [0.3, 0.4) is 0 Å². The van der Waals surface area contributed by atoms with Crippen molar-refractivity contribution in [2.45, 2.75) is 33.3 Å². The van der Waals surface area contributed by atoms with Crippen LogP contribution >= 0.6 is 0 Å². The lowest BCUT2D eigenvalue weighted by atomic mass is 10.3. The third-order valence-corrected chi connectivity index (χ3v) is 5.78. The SMILES string of the molecule is CCCS(=O)(=O)NCCN(c1ccccc1OC(C)C)S(C)(=O)=O. The van der Waals surface area contributed by atoms with Crippen LogP contribution in [0.15, 0.2) is 24.3 Å². The van der Waals surface area contributed by atoms with E-state index in [0.717, 1.165) is 10.6 Å². The van der Waals surface area contributed by atoms with Gasteiger partial charge in [0.1, 0.15) is 5.75 Å². The van der Waals surface area contributed by atoms with Crippen molar-refractivity contribution in [2.75, 3.05) is 29.4 Å². The normalized spacial score (nSPS) is 12.4. The van der Waals surface area contributed by atoms with Crippen LogP contribution < -0.4 is 13.8 Å². The fourth-order valence-corrected chi connectivity index (χ4v) is 4.14. The topological polar surface area (TPSA) is 92.8 Å². The van der Waals surface area contributed by atoms with Gasteiger partial charge in [-0.05, 0) is 32.4 Å². The summed E-state index contributed by atoms with van der Waals surface area (Å²) >= 11 is 0. The molecule has 0 aliphatic carbocycles. The van der Waals surface area contributed by atoms with Gasteiger partial charge in [0, 0.05) is 13.1 Å². The number of hydrogen-bond donors (Lipinski definition) is 1. The number of hydrogen-bond acceptors (Lipinski definition) is 5. The molecule has 0 fully saturated rings. The second-order valence-corrected chi connectivity index (χ2v) is 9.52. The molecular weight excluding hydrogens is 352 g/mol. The molecule has 0 saturated carbocycles. The van der Waals surface area contributed by atoms with Crippen LogP contribution in [0.4, 0.5) is 5.69 Å². The van der Waals surface area contributed by atoms with E-state index in [1.807, 2.05) is 13.8 Å². The molecule has 1 aromatic carbocycles. The Labute approximate surface area is 145 Å². The molecule has 138 valence electrons. The number of nitrogens with one attached hydrogen (secondary N) is 1. The van der Waals surface area contributed by atoms with Crippen molar-refractivity contribution in [3.8, 4) is 5.75 Å². The summed E-state index contributed by atoms with van der Waals surface area (Å²) in [7, 11) is -6.97. The lowest BCUT2D eigenvalue weighted by molar-refractivity contribution is 0.243. The maximum absolute atomic E-state index is 12.1. The Hall–Kier alpha value is -1.32. The summed E-state index contributed by atoms with van der Waals surface area (Å²) in [5.41, 5.74) is 0.392. The van der Waals surface area contributed by atoms with Crippen LogP contribution in [-0.4, -0.2) is 48.0 Å². The summed E-state index contributed by atoms with van der Waals surface area (Å²) in [5, 5.41) is 0. The predicted octanol–water partition coefficient (Wildman–Crippen LogP) is 1.57. The molecule has 1 aromatic rings. The molecule has 0 saturated heterocycles. The van der Waals surface area contributed by atoms with Crippen molar-refractivity contribution in [3.63, 3.8) is 0 Å². The quantitative estimate of drug-likeness (QED) is 0.667. The zero-order chi connectivity index (χ0) is 18.4. The molecular formula is C15H26N2O5S2. The highest BCUT2D eigenvalue weighted by Gasteiger charge is 2.22. The number of rotatable bonds is 10. The first-order valence-corrected chi connectivity index (χ1v) is 11.3. The van der Waals surface area contributed by atoms with Crippen molar-refractivity contribution in [2.24, 2.45) is 0 Å². The van der Waals surface area contributed by atoms with Gasteiger partial charge in [0.2, 0.25) is 20.0 Å². The summed E-state index contributed by atoms with van der Waals surface area (Å²) in [6, 6.07) is 6.79. The molecule has 0 unspecified atom stereocenters. The van der Waals surface area contributed by atoms with Crippen molar-refractivity contribution in [1.29, 1.82) is 0 Å². The first-order chi connectivity index (χ1) is 11.1. The first-order valence-electron chi connectivity index (χ1n) is 7.77. The molecule has 0 aromatic heterocycles. The van der Waals surface area contributed by atoms with Crippen LogP contribution in [0.25, 0.3) is 0 Å². The lowest BCUT2D eigenvalue weighted by Crippen LogP contribution is -2.39. The molecule has 0 aliphatic heterocycles. The smallest absolute Gasteiger partial charge is 0.232 e. The first kappa shape index (κ1) is 20.7. The summed E-state index contributed by atoms with van der Waals surface area (Å²) in [5.74, 6) is 0.452. The fraction of sp³-hybridized carbons (Fsp3) is 0.600. The summed E-state index contributed by atoms with van der Waals surface area (Å²) in [6.45, 7) is 5.44. The molecule has 1 N–H and O–H groups in total. The van der Waals surface area contributed by atoms with E-state index >= 15 is 0 Å². The second kappa shape index (κ2) is 8.68. The van der Waals surface area contributed by atoms with Crippen LogP contribution in [-0.2, 0) is 20.0 Å². The summed E-state index contributed by atoms with van der Waals surface area (Å²) < 4.78 is 56.9. The van der Waals surface area contributed by atoms with E-state index in [-0.39, 0.29) is 24.9 Å². The number of anilines is 1. The van der Waals surface area contributed by atoms with Gasteiger partial charge in [0.25, 0.3) is 0 Å². The molecule has 0 radical (unpaired) electrons. The molecule has 1 rings (SSSR count). The van der Waals surface area contributed by atoms with Gasteiger partial charge in [-0.3, -0.25) is 4.31 Å². The van der Waals surface area contributed by atoms with E-state index in [0.29, 0.717) is 17.9 Å². The molecule has 0 spiro atoms. The highest BCUT2D eigenvalue weighted by atomic mass is 32.2. The third kappa shape index (κ3) is 6.66. The van der Waals surface area contributed by atoms with Crippen molar-refractivity contribution >= 4 is 25.7 Å². The van der Waals surface area contributed by atoms with Gasteiger partial charge in [0.15, 0.2) is 0 Å². The van der Waals surface area contributed by atoms with Gasteiger partial charge in [-0.1, -0.05) is 19.1 Å². The number of sulfonamides is 2. The van der Waals surface area contributed by atoms with E-state index in [2.05, 4.69) is 4.72 Å². The van der Waals surface area contributed by atoms with Crippen LogP contribution in [0.5, 0.6) is 5.75 Å². The van der Waals surface area contributed by atoms with Gasteiger partial charge in [0.05, 0.1) is 23.8 Å². The number of benzene rings is 1. The molecule has 9 heteroatoms. The lowest BCUT2D eigenvalue weighted by Gasteiger charge is -2.25. The highest BCUT2D eigenvalue weighted by Crippen LogP contribution is 2.30. The largest absolute Gasteiger partial charge is 0.489 e. The zero-order valence-corrected chi connectivity index (χ0v) is 16.2. The molecule has 0 amide bonds. The standard InChI is InChI=1S/C15H26N2O5S2/c1-5-12-24(20,21)16-10-11-17(23(4,18)19)14-8-6-7-9-15(14)22-13(2)3/h6-9,13,16H,5,10-12H2,1-4H3. The predicted molar refractivity (Wildman–Crippen MR) is 96.5 cm³/mol. The Kier molecular flexibility index (Phi) is 7.50. The minimum Gasteiger partial charge on any atom is -0.489 e. The molecule has 0 aliphatic rings. The average Bonchev–Trinajstić information content (AvgIpc) is 2.42. The van der Waals surface area contributed by atoms with E-state index in [1.54, 1.807) is 31.2 Å². The molecule has 7 nitrogen and oxygen atoms in total. The molecule has 0 bridgehead atoms. The fourth-order valence-electron chi connectivity index (χ4n) is 2.13. The second-order valence-electron chi connectivity index (χ2n) is 5.68. The molecule has 0 atom stereocenters. The minimum absolute atomic E-state index is 0.00852. The molecule has 0 heterocycles. The van der Waals surface area contributed by atoms with Crippen LogP contribution in [0.1, 0.15) is 27.2 Å². The third-order valence-electron chi connectivity index (χ3n) is 3.01. The van der Waals surface area contributed by atoms with Crippen molar-refractivity contribution in [1.82, 2.24) is 4.72 Å². The van der Waals surface area contributed by atoms with Crippen LogP contribution in [0, 0.1) is 0 Å². The summed E-state index contributed by atoms with van der Waals surface area (Å²) in [6.07, 6.45) is 1.46. The Morgan fingerprint density at radius 1 is 1.17 bits per heavy atom. The Bertz CT molecular complexity index is 730. The number of nitrogens with zero attached hydrogens (tertiary/aromatic N) is 1. The van der Waals surface area contributed by atoms with Gasteiger partial charge in [-0.25, -0.2) is 21.6 Å². The maximum atomic E-state index is 12.1. The van der Waals surface area contributed by atoms with Gasteiger partial charge in [-0.2, -0.15) is 0 Å². The van der Waals surface area contributed by atoms with E-state index < -0.39 is 20.0 Å². The van der Waals surface area contributed by atoms with Crippen molar-refractivity contribution in [3.05, 3.63) is 24.3 Å². The summed E-state index contributed by atoms with van der Waals surface area (Å²) in [4.78, 5) is 0. The zero-order valence-electron chi connectivity index (χ0n) is 14.5.